The van der Waals surface area contributed by atoms with Gasteiger partial charge >= 0.3 is 6.18 Å². The Morgan fingerprint density at radius 2 is 1.94 bits per heavy atom. The van der Waals surface area contributed by atoms with Crippen LogP contribution in [0, 0.1) is 6.92 Å². The number of alkyl halides is 3. The van der Waals surface area contributed by atoms with E-state index < -0.39 is 11.7 Å². The molecule has 0 amide bonds. The number of fused-ring (bicyclic) bond motifs is 1. The molecule has 1 heterocycles. The van der Waals surface area contributed by atoms with Crippen LogP contribution in [0.2, 0.25) is 5.02 Å². The van der Waals surface area contributed by atoms with Crippen LogP contribution in [0.4, 0.5) is 13.2 Å². The minimum absolute atomic E-state index is 0.0972. The zero-order chi connectivity index (χ0) is 11.9. The number of aromatic nitrogens is 1. The second-order valence-corrected chi connectivity index (χ2v) is 3.85. The Morgan fingerprint density at radius 1 is 1.25 bits per heavy atom. The summed E-state index contributed by atoms with van der Waals surface area (Å²) in [4.78, 5) is 3.90. The number of rotatable bonds is 0. The van der Waals surface area contributed by atoms with Gasteiger partial charge in [0.2, 0.25) is 0 Å². The molecule has 2 rings (SSSR count). The fourth-order valence-electron chi connectivity index (χ4n) is 1.56. The number of hydrogen-bond acceptors (Lipinski definition) is 1. The van der Waals surface area contributed by atoms with Crippen molar-refractivity contribution in [3.8, 4) is 0 Å². The molecule has 84 valence electrons. The standard InChI is InChI=1S/C11H7ClF3N/c1-6-5-9(12)7-3-2-4-8(10(7)16-6)11(13,14)15/h2-5H,1H3. The van der Waals surface area contributed by atoms with Crippen molar-refractivity contribution in [2.75, 3.05) is 0 Å². The van der Waals surface area contributed by atoms with E-state index in [0.717, 1.165) is 6.07 Å². The number of aryl methyl sites for hydroxylation is 1. The summed E-state index contributed by atoms with van der Waals surface area (Å²) < 4.78 is 38.1. The molecular formula is C11H7ClF3N. The first kappa shape index (κ1) is 11.2. The van der Waals surface area contributed by atoms with Crippen LogP contribution in [0.3, 0.4) is 0 Å². The maximum Gasteiger partial charge on any atom is 0.418 e. The lowest BCUT2D eigenvalue weighted by atomic mass is 10.1. The third-order valence-corrected chi connectivity index (χ3v) is 2.54. The number of benzene rings is 1. The maximum absolute atomic E-state index is 12.7. The first-order chi connectivity index (χ1) is 7.39. The summed E-state index contributed by atoms with van der Waals surface area (Å²) in [5, 5.41) is 0.607. The predicted molar refractivity (Wildman–Crippen MR) is 56.5 cm³/mol. The van der Waals surface area contributed by atoms with E-state index in [-0.39, 0.29) is 10.5 Å². The number of para-hydroxylation sites is 1. The van der Waals surface area contributed by atoms with E-state index in [2.05, 4.69) is 4.98 Å². The molecule has 0 spiro atoms. The van der Waals surface area contributed by atoms with Gasteiger partial charge in [-0.25, -0.2) is 0 Å². The highest BCUT2D eigenvalue weighted by molar-refractivity contribution is 6.35. The first-order valence-corrected chi connectivity index (χ1v) is 4.90. The average molecular weight is 246 g/mol. The van der Waals surface area contributed by atoms with Gasteiger partial charge in [-0.05, 0) is 19.1 Å². The van der Waals surface area contributed by atoms with Crippen LogP contribution < -0.4 is 0 Å². The van der Waals surface area contributed by atoms with Crippen molar-refractivity contribution in [2.24, 2.45) is 0 Å². The molecule has 1 aromatic heterocycles. The van der Waals surface area contributed by atoms with E-state index in [1.54, 1.807) is 13.0 Å². The molecule has 0 radical (unpaired) electrons. The van der Waals surface area contributed by atoms with Crippen molar-refractivity contribution >= 4 is 22.5 Å². The summed E-state index contributed by atoms with van der Waals surface area (Å²) in [5.74, 6) is 0. The van der Waals surface area contributed by atoms with Crippen molar-refractivity contribution in [1.29, 1.82) is 0 Å². The highest BCUT2D eigenvalue weighted by atomic mass is 35.5. The molecule has 0 bridgehead atoms. The van der Waals surface area contributed by atoms with E-state index in [9.17, 15) is 13.2 Å². The van der Waals surface area contributed by atoms with Gasteiger partial charge in [-0.1, -0.05) is 23.7 Å². The normalized spacial score (nSPS) is 12.1. The molecule has 0 N–H and O–H groups in total. The molecule has 16 heavy (non-hydrogen) atoms. The quantitative estimate of drug-likeness (QED) is 0.677. The summed E-state index contributed by atoms with van der Waals surface area (Å²) >= 11 is 5.88. The number of nitrogens with zero attached hydrogens (tertiary/aromatic N) is 1. The highest BCUT2D eigenvalue weighted by Gasteiger charge is 2.33. The van der Waals surface area contributed by atoms with E-state index in [1.165, 1.54) is 12.1 Å². The fraction of sp³-hybridized carbons (Fsp3) is 0.182. The Kier molecular flexibility index (Phi) is 2.54. The SMILES string of the molecule is Cc1cc(Cl)c2cccc(C(F)(F)F)c2n1. The fourth-order valence-corrected chi connectivity index (χ4v) is 1.87. The van der Waals surface area contributed by atoms with Gasteiger partial charge in [-0.2, -0.15) is 13.2 Å². The van der Waals surface area contributed by atoms with Crippen LogP contribution in [-0.2, 0) is 6.18 Å². The van der Waals surface area contributed by atoms with E-state index >= 15 is 0 Å². The Morgan fingerprint density at radius 3 is 2.56 bits per heavy atom. The van der Waals surface area contributed by atoms with Gasteiger partial charge < -0.3 is 0 Å². The van der Waals surface area contributed by atoms with E-state index in [1.807, 2.05) is 0 Å². The van der Waals surface area contributed by atoms with Crippen LogP contribution in [0.15, 0.2) is 24.3 Å². The molecule has 0 fully saturated rings. The number of hydrogen-bond donors (Lipinski definition) is 0. The molecule has 0 aliphatic heterocycles. The molecular weight excluding hydrogens is 239 g/mol. The zero-order valence-corrected chi connectivity index (χ0v) is 9.02. The summed E-state index contributed by atoms with van der Waals surface area (Å²) in [7, 11) is 0. The van der Waals surface area contributed by atoms with E-state index in [4.69, 9.17) is 11.6 Å². The lowest BCUT2D eigenvalue weighted by Crippen LogP contribution is -2.06. The van der Waals surface area contributed by atoms with Gasteiger partial charge in [0.05, 0.1) is 16.1 Å². The Labute approximate surface area is 94.9 Å². The highest BCUT2D eigenvalue weighted by Crippen LogP contribution is 2.35. The Bertz CT molecular complexity index is 549. The number of pyridine rings is 1. The summed E-state index contributed by atoms with van der Waals surface area (Å²) in [6.07, 6.45) is -4.41. The second kappa shape index (κ2) is 3.63. The molecule has 1 aromatic carbocycles. The summed E-state index contributed by atoms with van der Waals surface area (Å²) in [6.45, 7) is 1.61. The second-order valence-electron chi connectivity index (χ2n) is 3.44. The molecule has 2 aromatic rings. The predicted octanol–water partition coefficient (Wildman–Crippen LogP) is 4.22. The molecule has 0 aliphatic carbocycles. The third kappa shape index (κ3) is 1.85. The minimum Gasteiger partial charge on any atom is -0.252 e. The smallest absolute Gasteiger partial charge is 0.252 e. The summed E-state index contributed by atoms with van der Waals surface area (Å²) in [5.41, 5.74) is -0.384. The zero-order valence-electron chi connectivity index (χ0n) is 8.27. The van der Waals surface area contributed by atoms with Gasteiger partial charge in [0.25, 0.3) is 0 Å². The topological polar surface area (TPSA) is 12.9 Å². The molecule has 0 atom stereocenters. The molecule has 0 saturated heterocycles. The average Bonchev–Trinajstić information content (AvgIpc) is 2.15. The van der Waals surface area contributed by atoms with Crippen LogP contribution in [0.1, 0.15) is 11.3 Å². The van der Waals surface area contributed by atoms with Gasteiger partial charge in [-0.15, -0.1) is 0 Å². The Balaban J connectivity index is 2.87. The molecule has 0 unspecified atom stereocenters. The van der Waals surface area contributed by atoms with Crippen LogP contribution in [-0.4, -0.2) is 4.98 Å². The van der Waals surface area contributed by atoms with Gasteiger partial charge in [0.15, 0.2) is 0 Å². The lowest BCUT2D eigenvalue weighted by molar-refractivity contribution is -0.136. The van der Waals surface area contributed by atoms with Crippen molar-refractivity contribution in [3.05, 3.63) is 40.5 Å². The van der Waals surface area contributed by atoms with Crippen LogP contribution in [0.5, 0.6) is 0 Å². The lowest BCUT2D eigenvalue weighted by Gasteiger charge is -2.10. The van der Waals surface area contributed by atoms with Crippen molar-refractivity contribution < 1.29 is 13.2 Å². The molecule has 0 aliphatic rings. The third-order valence-electron chi connectivity index (χ3n) is 2.22. The minimum atomic E-state index is -4.41. The Hall–Kier alpha value is -1.29. The number of halogens is 4. The van der Waals surface area contributed by atoms with Gasteiger partial charge in [0, 0.05) is 11.1 Å². The van der Waals surface area contributed by atoms with Gasteiger partial charge in [0.1, 0.15) is 0 Å². The van der Waals surface area contributed by atoms with Crippen LogP contribution in [0.25, 0.3) is 10.9 Å². The van der Waals surface area contributed by atoms with E-state index in [0.29, 0.717) is 11.1 Å². The van der Waals surface area contributed by atoms with Crippen molar-refractivity contribution in [2.45, 2.75) is 13.1 Å². The molecule has 0 saturated carbocycles. The maximum atomic E-state index is 12.7. The van der Waals surface area contributed by atoms with Crippen LogP contribution >= 0.6 is 11.6 Å². The largest absolute Gasteiger partial charge is 0.418 e. The van der Waals surface area contributed by atoms with Gasteiger partial charge in [-0.3, -0.25) is 4.98 Å². The monoisotopic (exact) mass is 245 g/mol. The van der Waals surface area contributed by atoms with Crippen molar-refractivity contribution in [1.82, 2.24) is 4.98 Å². The molecule has 5 heteroatoms. The van der Waals surface area contributed by atoms with Crippen molar-refractivity contribution in [3.63, 3.8) is 0 Å². The molecule has 1 nitrogen and oxygen atoms in total. The first-order valence-electron chi connectivity index (χ1n) is 4.52. The summed E-state index contributed by atoms with van der Waals surface area (Å²) in [6, 6.07) is 5.41.